The molecule has 1 fully saturated rings. The van der Waals surface area contributed by atoms with E-state index in [9.17, 15) is 4.79 Å². The van der Waals surface area contributed by atoms with Crippen LogP contribution in [0.2, 0.25) is 0 Å². The fourth-order valence-electron chi connectivity index (χ4n) is 2.70. The Bertz CT molecular complexity index is 485. The molecule has 1 saturated carbocycles. The van der Waals surface area contributed by atoms with Gasteiger partial charge in [0.25, 0.3) is 5.91 Å². The van der Waals surface area contributed by atoms with Crippen LogP contribution < -0.4 is 10.2 Å². The highest BCUT2D eigenvalue weighted by molar-refractivity contribution is 5.78. The van der Waals surface area contributed by atoms with E-state index in [2.05, 4.69) is 16.6 Å². The molecule has 114 valence electrons. The molecule has 0 spiro atoms. The van der Waals surface area contributed by atoms with E-state index in [1.807, 2.05) is 32.2 Å². The van der Waals surface area contributed by atoms with Crippen LogP contribution in [0.1, 0.15) is 43.2 Å². The summed E-state index contributed by atoms with van der Waals surface area (Å²) in [6.07, 6.45) is 8.08. The van der Waals surface area contributed by atoms with Gasteiger partial charge in [0.2, 0.25) is 0 Å². The van der Waals surface area contributed by atoms with E-state index >= 15 is 0 Å². The van der Waals surface area contributed by atoms with Crippen molar-refractivity contribution in [3.05, 3.63) is 29.3 Å². The van der Waals surface area contributed by atoms with Gasteiger partial charge in [-0.15, -0.1) is 0 Å². The van der Waals surface area contributed by atoms with Gasteiger partial charge in [0, 0.05) is 6.21 Å². The molecular formula is C17H24N2O2. The Hall–Kier alpha value is -1.84. The Labute approximate surface area is 126 Å². The first-order valence-electron chi connectivity index (χ1n) is 7.66. The summed E-state index contributed by atoms with van der Waals surface area (Å²) in [5.41, 5.74) is 4.79. The Balaban J connectivity index is 1.72. The second-order valence-corrected chi connectivity index (χ2v) is 5.82. The van der Waals surface area contributed by atoms with Crippen LogP contribution in [0.3, 0.4) is 0 Å². The molecule has 0 aromatic heterocycles. The van der Waals surface area contributed by atoms with Crippen molar-refractivity contribution in [2.75, 3.05) is 6.61 Å². The Kier molecular flexibility index (Phi) is 5.78. The summed E-state index contributed by atoms with van der Waals surface area (Å²) in [5, 5.41) is 4.04. The van der Waals surface area contributed by atoms with Gasteiger partial charge in [-0.1, -0.05) is 25.3 Å². The molecule has 0 saturated heterocycles. The van der Waals surface area contributed by atoms with Gasteiger partial charge in [-0.25, -0.2) is 5.43 Å². The quantitative estimate of drug-likeness (QED) is 0.667. The zero-order chi connectivity index (χ0) is 15.1. The molecule has 21 heavy (non-hydrogen) atoms. The van der Waals surface area contributed by atoms with Crippen molar-refractivity contribution in [3.8, 4) is 5.75 Å². The number of benzene rings is 1. The predicted octanol–water partition coefficient (Wildman–Crippen LogP) is 3.36. The van der Waals surface area contributed by atoms with Crippen molar-refractivity contribution in [2.45, 2.75) is 46.0 Å². The zero-order valence-electron chi connectivity index (χ0n) is 12.9. The minimum atomic E-state index is -0.221. The molecule has 0 radical (unpaired) electrons. The summed E-state index contributed by atoms with van der Waals surface area (Å²) >= 11 is 0. The third kappa shape index (κ3) is 5.58. The van der Waals surface area contributed by atoms with Crippen LogP contribution in [0.15, 0.2) is 23.3 Å². The van der Waals surface area contributed by atoms with Crippen molar-refractivity contribution in [1.82, 2.24) is 5.43 Å². The van der Waals surface area contributed by atoms with E-state index in [0.717, 1.165) is 16.9 Å². The van der Waals surface area contributed by atoms with Crippen LogP contribution in [0.5, 0.6) is 5.75 Å². The third-order valence-corrected chi connectivity index (χ3v) is 3.69. The first-order valence-corrected chi connectivity index (χ1v) is 7.66. The molecule has 1 amide bonds. The highest BCUT2D eigenvalue weighted by Gasteiger charge is 2.10. The van der Waals surface area contributed by atoms with Crippen LogP contribution >= 0.6 is 0 Å². The van der Waals surface area contributed by atoms with Crippen molar-refractivity contribution < 1.29 is 9.53 Å². The molecule has 0 aliphatic heterocycles. The lowest BCUT2D eigenvalue weighted by Gasteiger charge is -2.16. The summed E-state index contributed by atoms with van der Waals surface area (Å²) in [6.45, 7) is 4.01. The van der Waals surface area contributed by atoms with Crippen molar-refractivity contribution in [1.29, 1.82) is 0 Å². The van der Waals surface area contributed by atoms with Gasteiger partial charge in [-0.05, 0) is 55.9 Å². The fourth-order valence-corrected chi connectivity index (χ4v) is 2.70. The standard InChI is InChI=1S/C17H24N2O2/c1-13-8-14(2)10-16(9-13)21-12-17(20)19-18-11-15-6-4-3-5-7-15/h8-11,15H,3-7,12H2,1-2H3,(H,19,20). The molecule has 4 nitrogen and oxygen atoms in total. The number of nitrogens with zero attached hydrogens (tertiary/aromatic N) is 1. The van der Waals surface area contributed by atoms with Crippen molar-refractivity contribution in [2.24, 2.45) is 11.0 Å². The molecule has 2 rings (SSSR count). The Morgan fingerprint density at radius 1 is 1.24 bits per heavy atom. The number of ether oxygens (including phenoxy) is 1. The van der Waals surface area contributed by atoms with E-state index in [4.69, 9.17) is 4.74 Å². The molecule has 4 heteroatoms. The number of hydrogen-bond acceptors (Lipinski definition) is 3. The van der Waals surface area contributed by atoms with E-state index in [-0.39, 0.29) is 12.5 Å². The average Bonchev–Trinajstić information content (AvgIpc) is 2.45. The fraction of sp³-hybridized carbons (Fsp3) is 0.529. The van der Waals surface area contributed by atoms with Crippen LogP contribution in [-0.4, -0.2) is 18.7 Å². The summed E-state index contributed by atoms with van der Waals surface area (Å²) in [7, 11) is 0. The summed E-state index contributed by atoms with van der Waals surface area (Å²) < 4.78 is 5.49. The third-order valence-electron chi connectivity index (χ3n) is 3.69. The summed E-state index contributed by atoms with van der Waals surface area (Å²) in [6, 6.07) is 5.92. The molecule has 1 aromatic carbocycles. The van der Waals surface area contributed by atoms with E-state index in [1.54, 1.807) is 0 Å². The highest BCUT2D eigenvalue weighted by Crippen LogP contribution is 2.21. The number of aryl methyl sites for hydroxylation is 2. The van der Waals surface area contributed by atoms with Crippen molar-refractivity contribution in [3.63, 3.8) is 0 Å². The van der Waals surface area contributed by atoms with Gasteiger partial charge in [0.1, 0.15) is 5.75 Å². The lowest BCUT2D eigenvalue weighted by Crippen LogP contribution is -2.25. The van der Waals surface area contributed by atoms with Gasteiger partial charge < -0.3 is 4.74 Å². The van der Waals surface area contributed by atoms with E-state index < -0.39 is 0 Å². The predicted molar refractivity (Wildman–Crippen MR) is 84.6 cm³/mol. The van der Waals surface area contributed by atoms with Crippen molar-refractivity contribution >= 4 is 12.1 Å². The summed E-state index contributed by atoms with van der Waals surface area (Å²) in [5.74, 6) is 1.01. The van der Waals surface area contributed by atoms with Gasteiger partial charge in [-0.2, -0.15) is 5.10 Å². The van der Waals surface area contributed by atoms with Crippen LogP contribution in [0.4, 0.5) is 0 Å². The van der Waals surface area contributed by atoms with E-state index in [1.165, 1.54) is 32.1 Å². The first kappa shape index (κ1) is 15.5. The molecule has 0 atom stereocenters. The molecular weight excluding hydrogens is 264 g/mol. The van der Waals surface area contributed by atoms with E-state index in [0.29, 0.717) is 5.92 Å². The maximum atomic E-state index is 11.7. The van der Waals surface area contributed by atoms with Gasteiger partial charge in [0.05, 0.1) is 0 Å². The maximum absolute atomic E-state index is 11.7. The number of hydrazone groups is 1. The topological polar surface area (TPSA) is 50.7 Å². The Morgan fingerprint density at radius 2 is 1.90 bits per heavy atom. The molecule has 0 bridgehead atoms. The first-order chi connectivity index (χ1) is 10.1. The lowest BCUT2D eigenvalue weighted by atomic mass is 9.90. The number of carbonyl (C=O) groups excluding carboxylic acids is 1. The highest BCUT2D eigenvalue weighted by atomic mass is 16.5. The van der Waals surface area contributed by atoms with Gasteiger partial charge in [-0.3, -0.25) is 4.79 Å². The SMILES string of the molecule is Cc1cc(C)cc(OCC(=O)NN=CC2CCCCC2)c1. The van der Waals surface area contributed by atoms with Gasteiger partial charge in [0.15, 0.2) is 6.61 Å². The number of hydrogen-bond donors (Lipinski definition) is 1. The normalized spacial score (nSPS) is 16.1. The minimum absolute atomic E-state index is 0.00903. The number of nitrogens with one attached hydrogen (secondary N) is 1. The number of amides is 1. The molecule has 1 N–H and O–H groups in total. The van der Waals surface area contributed by atoms with Gasteiger partial charge >= 0.3 is 0 Å². The lowest BCUT2D eigenvalue weighted by molar-refractivity contribution is -0.123. The smallest absolute Gasteiger partial charge is 0.277 e. The second kappa shape index (κ2) is 7.81. The molecule has 1 aliphatic carbocycles. The molecule has 1 aliphatic rings. The largest absolute Gasteiger partial charge is 0.484 e. The number of rotatable bonds is 5. The zero-order valence-corrected chi connectivity index (χ0v) is 12.9. The van der Waals surface area contributed by atoms with Crippen LogP contribution in [-0.2, 0) is 4.79 Å². The molecule has 1 aromatic rings. The summed E-state index contributed by atoms with van der Waals surface area (Å²) in [4.78, 5) is 11.7. The minimum Gasteiger partial charge on any atom is -0.484 e. The maximum Gasteiger partial charge on any atom is 0.277 e. The second-order valence-electron chi connectivity index (χ2n) is 5.82. The van der Waals surface area contributed by atoms with Crippen LogP contribution in [0.25, 0.3) is 0 Å². The molecule has 0 heterocycles. The monoisotopic (exact) mass is 288 g/mol. The molecule has 0 unspecified atom stereocenters. The number of carbonyl (C=O) groups is 1. The Morgan fingerprint density at radius 3 is 2.57 bits per heavy atom. The van der Waals surface area contributed by atoms with Crippen LogP contribution in [0, 0.1) is 19.8 Å². The average molecular weight is 288 g/mol.